The summed E-state index contributed by atoms with van der Waals surface area (Å²) in [4.78, 5) is 2.43. The molecule has 0 aromatic rings. The van der Waals surface area contributed by atoms with Crippen molar-refractivity contribution in [3.05, 3.63) is 0 Å². The SMILES string of the molecule is CCC(C)N(C)CCNC(C)CC(C)C. The Morgan fingerprint density at radius 2 is 1.73 bits per heavy atom. The minimum atomic E-state index is 0.648. The molecule has 0 rings (SSSR count). The zero-order valence-corrected chi connectivity index (χ0v) is 11.5. The third-order valence-corrected chi connectivity index (χ3v) is 3.13. The summed E-state index contributed by atoms with van der Waals surface area (Å²) in [6.45, 7) is 13.6. The summed E-state index contributed by atoms with van der Waals surface area (Å²) in [5, 5.41) is 3.58. The van der Waals surface area contributed by atoms with Crippen LogP contribution in [0.5, 0.6) is 0 Å². The molecule has 2 nitrogen and oxygen atoms in total. The number of likely N-dealkylation sites (N-methyl/N-ethyl adjacent to an activating group) is 1. The summed E-state index contributed by atoms with van der Waals surface area (Å²) in [5.74, 6) is 0.791. The summed E-state index contributed by atoms with van der Waals surface area (Å²) in [7, 11) is 2.21. The molecule has 0 aromatic carbocycles. The van der Waals surface area contributed by atoms with Crippen molar-refractivity contribution in [3.8, 4) is 0 Å². The molecule has 0 aliphatic carbocycles. The van der Waals surface area contributed by atoms with E-state index in [0.717, 1.165) is 19.0 Å². The van der Waals surface area contributed by atoms with E-state index >= 15 is 0 Å². The van der Waals surface area contributed by atoms with Gasteiger partial charge in [0.05, 0.1) is 0 Å². The molecule has 0 spiro atoms. The maximum absolute atomic E-state index is 3.58. The lowest BCUT2D eigenvalue weighted by atomic mass is 10.1. The van der Waals surface area contributed by atoms with Gasteiger partial charge < -0.3 is 10.2 Å². The molecule has 1 N–H and O–H groups in total. The van der Waals surface area contributed by atoms with Crippen molar-refractivity contribution in [2.24, 2.45) is 5.92 Å². The zero-order chi connectivity index (χ0) is 11.8. The van der Waals surface area contributed by atoms with Crippen LogP contribution < -0.4 is 5.32 Å². The summed E-state index contributed by atoms with van der Waals surface area (Å²) in [6, 6.07) is 1.35. The fraction of sp³-hybridized carbons (Fsp3) is 1.00. The first-order chi connectivity index (χ1) is 6.97. The van der Waals surface area contributed by atoms with Crippen LogP contribution in [0.4, 0.5) is 0 Å². The Morgan fingerprint density at radius 1 is 1.13 bits per heavy atom. The molecule has 0 aliphatic rings. The third-order valence-electron chi connectivity index (χ3n) is 3.13. The summed E-state index contributed by atoms with van der Waals surface area (Å²) in [5.41, 5.74) is 0. The van der Waals surface area contributed by atoms with Gasteiger partial charge in [0.25, 0.3) is 0 Å². The van der Waals surface area contributed by atoms with Crippen LogP contribution >= 0.6 is 0 Å². The van der Waals surface area contributed by atoms with Crippen LogP contribution in [0.15, 0.2) is 0 Å². The molecule has 2 unspecified atom stereocenters. The molecule has 0 bridgehead atoms. The predicted octanol–water partition coefficient (Wildman–Crippen LogP) is 2.74. The Morgan fingerprint density at radius 3 is 2.20 bits per heavy atom. The zero-order valence-electron chi connectivity index (χ0n) is 11.5. The van der Waals surface area contributed by atoms with Gasteiger partial charge in [-0.2, -0.15) is 0 Å². The van der Waals surface area contributed by atoms with Crippen molar-refractivity contribution in [1.29, 1.82) is 0 Å². The number of hydrogen-bond acceptors (Lipinski definition) is 2. The first-order valence-corrected chi connectivity index (χ1v) is 6.41. The quantitative estimate of drug-likeness (QED) is 0.668. The Hall–Kier alpha value is -0.0800. The lowest BCUT2D eigenvalue weighted by Gasteiger charge is -2.24. The number of rotatable bonds is 8. The maximum Gasteiger partial charge on any atom is 0.0107 e. The molecule has 0 aliphatic heterocycles. The van der Waals surface area contributed by atoms with Crippen molar-refractivity contribution < 1.29 is 0 Å². The molecule has 15 heavy (non-hydrogen) atoms. The molecule has 92 valence electrons. The van der Waals surface area contributed by atoms with Gasteiger partial charge in [-0.1, -0.05) is 20.8 Å². The lowest BCUT2D eigenvalue weighted by molar-refractivity contribution is 0.247. The van der Waals surface area contributed by atoms with Gasteiger partial charge in [-0.15, -0.1) is 0 Å². The van der Waals surface area contributed by atoms with E-state index in [9.17, 15) is 0 Å². The van der Waals surface area contributed by atoms with Crippen LogP contribution in [0.25, 0.3) is 0 Å². The van der Waals surface area contributed by atoms with Crippen LogP contribution in [-0.2, 0) is 0 Å². The molecule has 2 atom stereocenters. The van der Waals surface area contributed by atoms with Gasteiger partial charge in [0.2, 0.25) is 0 Å². The van der Waals surface area contributed by atoms with Crippen LogP contribution in [0.3, 0.4) is 0 Å². The Labute approximate surface area is 96.4 Å². The summed E-state index contributed by atoms with van der Waals surface area (Å²) < 4.78 is 0. The minimum absolute atomic E-state index is 0.648. The van der Waals surface area contributed by atoms with E-state index in [2.05, 4.69) is 51.9 Å². The third kappa shape index (κ3) is 7.80. The van der Waals surface area contributed by atoms with E-state index < -0.39 is 0 Å². The van der Waals surface area contributed by atoms with Crippen LogP contribution in [0, 0.1) is 5.92 Å². The van der Waals surface area contributed by atoms with E-state index in [-0.39, 0.29) is 0 Å². The topological polar surface area (TPSA) is 15.3 Å². The Balaban J connectivity index is 3.52. The van der Waals surface area contributed by atoms with Gasteiger partial charge in [0.1, 0.15) is 0 Å². The largest absolute Gasteiger partial charge is 0.313 e. The van der Waals surface area contributed by atoms with Crippen LogP contribution in [-0.4, -0.2) is 37.1 Å². The van der Waals surface area contributed by atoms with E-state index in [1.165, 1.54) is 12.8 Å². The first-order valence-electron chi connectivity index (χ1n) is 6.41. The molecule has 0 aromatic heterocycles. The standard InChI is InChI=1S/C13H30N2/c1-7-13(5)15(6)9-8-14-12(4)10-11(2)3/h11-14H,7-10H2,1-6H3. The van der Waals surface area contributed by atoms with Gasteiger partial charge in [-0.3, -0.25) is 0 Å². The van der Waals surface area contributed by atoms with Crippen molar-refractivity contribution in [2.45, 2.75) is 59.5 Å². The number of nitrogens with zero attached hydrogens (tertiary/aromatic N) is 1. The average Bonchev–Trinajstić information content (AvgIpc) is 2.15. The fourth-order valence-corrected chi connectivity index (χ4v) is 1.81. The molecule has 0 saturated carbocycles. The van der Waals surface area contributed by atoms with Crippen molar-refractivity contribution >= 4 is 0 Å². The molecule has 2 heteroatoms. The molecule has 0 radical (unpaired) electrons. The highest BCUT2D eigenvalue weighted by atomic mass is 15.1. The number of hydrogen-bond donors (Lipinski definition) is 1. The number of nitrogens with one attached hydrogen (secondary N) is 1. The molecular weight excluding hydrogens is 184 g/mol. The molecular formula is C13H30N2. The second-order valence-corrected chi connectivity index (χ2v) is 5.22. The van der Waals surface area contributed by atoms with E-state index in [0.29, 0.717) is 12.1 Å². The Kier molecular flexibility index (Phi) is 8.07. The van der Waals surface area contributed by atoms with Crippen molar-refractivity contribution in [1.82, 2.24) is 10.2 Å². The van der Waals surface area contributed by atoms with Crippen molar-refractivity contribution in [3.63, 3.8) is 0 Å². The second kappa shape index (κ2) is 8.12. The fourth-order valence-electron chi connectivity index (χ4n) is 1.81. The highest BCUT2D eigenvalue weighted by Crippen LogP contribution is 2.03. The van der Waals surface area contributed by atoms with Crippen LogP contribution in [0.2, 0.25) is 0 Å². The lowest BCUT2D eigenvalue weighted by Crippen LogP contribution is -2.38. The monoisotopic (exact) mass is 214 g/mol. The highest BCUT2D eigenvalue weighted by Gasteiger charge is 2.07. The second-order valence-electron chi connectivity index (χ2n) is 5.22. The molecule has 0 heterocycles. The predicted molar refractivity (Wildman–Crippen MR) is 69.3 cm³/mol. The van der Waals surface area contributed by atoms with Gasteiger partial charge in [0, 0.05) is 25.2 Å². The van der Waals surface area contributed by atoms with E-state index in [4.69, 9.17) is 0 Å². The average molecular weight is 214 g/mol. The van der Waals surface area contributed by atoms with Gasteiger partial charge in [0.15, 0.2) is 0 Å². The van der Waals surface area contributed by atoms with Gasteiger partial charge in [-0.25, -0.2) is 0 Å². The van der Waals surface area contributed by atoms with E-state index in [1.807, 2.05) is 0 Å². The molecule has 0 amide bonds. The Bertz CT molecular complexity index is 145. The molecule has 0 saturated heterocycles. The summed E-state index contributed by atoms with van der Waals surface area (Å²) >= 11 is 0. The normalized spacial score (nSPS) is 16.0. The smallest absolute Gasteiger partial charge is 0.0107 e. The minimum Gasteiger partial charge on any atom is -0.313 e. The van der Waals surface area contributed by atoms with Gasteiger partial charge in [-0.05, 0) is 39.7 Å². The van der Waals surface area contributed by atoms with Crippen molar-refractivity contribution in [2.75, 3.05) is 20.1 Å². The van der Waals surface area contributed by atoms with Crippen LogP contribution in [0.1, 0.15) is 47.5 Å². The maximum atomic E-state index is 3.58. The van der Waals surface area contributed by atoms with E-state index in [1.54, 1.807) is 0 Å². The summed E-state index contributed by atoms with van der Waals surface area (Å²) in [6.07, 6.45) is 2.51. The first kappa shape index (κ1) is 14.9. The van der Waals surface area contributed by atoms with Gasteiger partial charge >= 0.3 is 0 Å². The highest BCUT2D eigenvalue weighted by molar-refractivity contribution is 4.66. The molecule has 0 fully saturated rings.